The number of nitrogens with zero attached hydrogens (tertiary/aromatic N) is 2. The minimum Gasteiger partial charge on any atom is -0.419 e. The Balaban J connectivity index is 1.74. The van der Waals surface area contributed by atoms with Gasteiger partial charge in [0.15, 0.2) is 5.75 Å². The van der Waals surface area contributed by atoms with Gasteiger partial charge in [0.25, 0.3) is 10.0 Å². The number of esters is 1. The number of carbonyl (C=O) groups excluding carboxylic acids is 1. The Labute approximate surface area is 211 Å². The summed E-state index contributed by atoms with van der Waals surface area (Å²) in [4.78, 5) is 17.4. The molecule has 0 saturated heterocycles. The van der Waals surface area contributed by atoms with E-state index < -0.39 is 16.0 Å². The third kappa shape index (κ3) is 4.57. The van der Waals surface area contributed by atoms with Crippen LogP contribution in [0.3, 0.4) is 0 Å². The summed E-state index contributed by atoms with van der Waals surface area (Å²) in [5, 5.41) is 0.992. The molecule has 0 spiro atoms. The molecule has 10 heteroatoms. The second kappa shape index (κ2) is 9.43. The molecular formula is C24H17Cl3N2O4S. The molecule has 0 aliphatic carbocycles. The Kier molecular flexibility index (Phi) is 6.73. The van der Waals surface area contributed by atoms with Crippen LogP contribution in [0.15, 0.2) is 71.6 Å². The average Bonchev–Trinajstić information content (AvgIpc) is 2.81. The van der Waals surface area contributed by atoms with Crippen LogP contribution in [-0.2, 0) is 10.0 Å². The molecule has 0 saturated carbocycles. The highest BCUT2D eigenvalue weighted by atomic mass is 35.5. The van der Waals surface area contributed by atoms with Crippen molar-refractivity contribution < 1.29 is 17.9 Å². The highest BCUT2D eigenvalue weighted by Crippen LogP contribution is 2.38. The van der Waals surface area contributed by atoms with Crippen LogP contribution in [0.25, 0.3) is 10.9 Å². The van der Waals surface area contributed by atoms with E-state index in [9.17, 15) is 13.2 Å². The topological polar surface area (TPSA) is 76.6 Å². The first kappa shape index (κ1) is 24.3. The Morgan fingerprint density at radius 1 is 0.912 bits per heavy atom. The molecule has 6 nitrogen and oxygen atoms in total. The second-order valence-electron chi connectivity index (χ2n) is 7.36. The zero-order chi connectivity index (χ0) is 24.6. The Bertz CT molecular complexity index is 1530. The number of anilines is 1. The van der Waals surface area contributed by atoms with E-state index in [4.69, 9.17) is 39.5 Å². The summed E-state index contributed by atoms with van der Waals surface area (Å²) in [7, 11) is -2.56. The summed E-state index contributed by atoms with van der Waals surface area (Å²) in [6, 6.07) is 17.3. The second-order valence-corrected chi connectivity index (χ2v) is 10.5. The van der Waals surface area contributed by atoms with Gasteiger partial charge >= 0.3 is 5.97 Å². The molecule has 0 bridgehead atoms. The smallest absolute Gasteiger partial charge is 0.345 e. The van der Waals surface area contributed by atoms with Crippen LogP contribution in [0.5, 0.6) is 5.75 Å². The SMILES string of the molecule is Cc1ccc2c(Cl)cc(Cl)c(OC(=O)c3cc(S(=O)(=O)N(C)c4ccccc4)ccc3Cl)c2n1. The number of sulfonamides is 1. The van der Waals surface area contributed by atoms with Crippen molar-refractivity contribution in [2.75, 3.05) is 11.4 Å². The van der Waals surface area contributed by atoms with Crippen molar-refractivity contribution in [2.24, 2.45) is 0 Å². The van der Waals surface area contributed by atoms with Gasteiger partial charge in [0.05, 0.1) is 31.2 Å². The van der Waals surface area contributed by atoms with Crippen molar-refractivity contribution in [3.63, 3.8) is 0 Å². The third-order valence-corrected chi connectivity index (χ3v) is 7.81. The summed E-state index contributed by atoms with van der Waals surface area (Å²) in [6.45, 7) is 1.77. The molecule has 0 aliphatic rings. The molecule has 34 heavy (non-hydrogen) atoms. The van der Waals surface area contributed by atoms with Gasteiger partial charge in [-0.05, 0) is 55.5 Å². The Morgan fingerprint density at radius 3 is 2.32 bits per heavy atom. The zero-order valence-electron chi connectivity index (χ0n) is 17.9. The lowest BCUT2D eigenvalue weighted by Crippen LogP contribution is -2.26. The van der Waals surface area contributed by atoms with Gasteiger partial charge in [0.2, 0.25) is 0 Å². The van der Waals surface area contributed by atoms with Gasteiger partial charge in [-0.25, -0.2) is 18.2 Å². The number of ether oxygens (including phenoxy) is 1. The van der Waals surface area contributed by atoms with E-state index in [0.717, 1.165) is 4.31 Å². The summed E-state index contributed by atoms with van der Waals surface area (Å²) in [5.41, 5.74) is 1.28. The van der Waals surface area contributed by atoms with Crippen molar-refractivity contribution in [1.82, 2.24) is 4.98 Å². The molecule has 1 aromatic heterocycles. The van der Waals surface area contributed by atoms with E-state index in [1.54, 1.807) is 49.4 Å². The van der Waals surface area contributed by atoms with E-state index >= 15 is 0 Å². The first-order chi connectivity index (χ1) is 16.1. The summed E-state index contributed by atoms with van der Waals surface area (Å²) >= 11 is 18.8. The van der Waals surface area contributed by atoms with Crippen LogP contribution in [0, 0.1) is 6.92 Å². The van der Waals surface area contributed by atoms with E-state index in [0.29, 0.717) is 27.3 Å². The monoisotopic (exact) mass is 534 g/mol. The van der Waals surface area contributed by atoms with Gasteiger partial charge in [0, 0.05) is 18.1 Å². The number of rotatable bonds is 5. The number of aromatic nitrogens is 1. The number of aryl methyl sites for hydroxylation is 1. The number of hydrogen-bond donors (Lipinski definition) is 0. The van der Waals surface area contributed by atoms with Crippen molar-refractivity contribution >= 4 is 67.4 Å². The molecular weight excluding hydrogens is 519 g/mol. The Morgan fingerprint density at radius 2 is 1.62 bits per heavy atom. The third-order valence-electron chi connectivity index (χ3n) is 5.11. The molecule has 0 N–H and O–H groups in total. The standard InChI is InChI=1S/C24H17Cl3N2O4S/c1-14-8-10-17-20(26)13-21(27)23(22(17)28-14)33-24(30)18-12-16(9-11-19(18)25)34(31,32)29(2)15-6-4-3-5-7-15/h3-13H,1-2H3. The largest absolute Gasteiger partial charge is 0.419 e. The van der Waals surface area contributed by atoms with Crippen molar-refractivity contribution in [2.45, 2.75) is 11.8 Å². The van der Waals surface area contributed by atoms with Gasteiger partial charge in [-0.15, -0.1) is 0 Å². The molecule has 0 aliphatic heterocycles. The van der Waals surface area contributed by atoms with Gasteiger partial charge < -0.3 is 4.74 Å². The van der Waals surface area contributed by atoms with E-state index in [1.165, 1.54) is 31.3 Å². The number of para-hydroxylation sites is 1. The number of fused-ring (bicyclic) bond motifs is 1. The molecule has 4 rings (SSSR count). The minimum atomic E-state index is -3.98. The van der Waals surface area contributed by atoms with Crippen LogP contribution in [0.4, 0.5) is 5.69 Å². The van der Waals surface area contributed by atoms with Crippen molar-refractivity contribution in [3.8, 4) is 5.75 Å². The Hall–Kier alpha value is -2.84. The van der Waals surface area contributed by atoms with E-state index in [2.05, 4.69) is 4.98 Å². The van der Waals surface area contributed by atoms with Crippen LogP contribution < -0.4 is 9.04 Å². The highest BCUT2D eigenvalue weighted by Gasteiger charge is 2.25. The lowest BCUT2D eigenvalue weighted by atomic mass is 10.2. The highest BCUT2D eigenvalue weighted by molar-refractivity contribution is 7.92. The van der Waals surface area contributed by atoms with Gasteiger partial charge in [0.1, 0.15) is 5.52 Å². The number of carbonyl (C=O) groups is 1. The van der Waals surface area contributed by atoms with Crippen LogP contribution >= 0.6 is 34.8 Å². The molecule has 3 aromatic carbocycles. The first-order valence-corrected chi connectivity index (χ1v) is 12.5. The van der Waals surface area contributed by atoms with Crippen LogP contribution in [0.1, 0.15) is 16.1 Å². The fourth-order valence-electron chi connectivity index (χ4n) is 3.29. The number of hydrogen-bond acceptors (Lipinski definition) is 5. The molecule has 0 unspecified atom stereocenters. The van der Waals surface area contributed by atoms with Crippen molar-refractivity contribution in [3.05, 3.63) is 93.1 Å². The van der Waals surface area contributed by atoms with Gasteiger partial charge in [-0.1, -0.05) is 53.0 Å². The number of halogens is 3. The maximum Gasteiger partial charge on any atom is 0.345 e. The van der Waals surface area contributed by atoms with Crippen LogP contribution in [-0.4, -0.2) is 26.4 Å². The quantitative estimate of drug-likeness (QED) is 0.214. The fourth-order valence-corrected chi connectivity index (χ4v) is 5.26. The molecule has 174 valence electrons. The zero-order valence-corrected chi connectivity index (χ0v) is 21.0. The number of pyridine rings is 1. The molecule has 0 atom stereocenters. The van der Waals surface area contributed by atoms with Gasteiger partial charge in [-0.3, -0.25) is 4.31 Å². The van der Waals surface area contributed by atoms with E-state index in [1.807, 2.05) is 0 Å². The summed E-state index contributed by atoms with van der Waals surface area (Å²) in [5.74, 6) is -0.890. The molecule has 0 fully saturated rings. The molecule has 1 heterocycles. The average molecular weight is 536 g/mol. The number of benzene rings is 3. The predicted octanol–water partition coefficient (Wildman–Crippen LogP) is 6.55. The maximum absolute atomic E-state index is 13.2. The predicted molar refractivity (Wildman–Crippen MR) is 135 cm³/mol. The van der Waals surface area contributed by atoms with Crippen LogP contribution in [0.2, 0.25) is 15.1 Å². The summed E-state index contributed by atoms with van der Waals surface area (Å²) < 4.78 is 33.0. The lowest BCUT2D eigenvalue weighted by molar-refractivity contribution is 0.0736. The fraction of sp³-hybridized carbons (Fsp3) is 0.0833. The molecule has 4 aromatic rings. The minimum absolute atomic E-state index is 0.000460. The molecule has 0 amide bonds. The maximum atomic E-state index is 13.2. The first-order valence-electron chi connectivity index (χ1n) is 9.90. The van der Waals surface area contributed by atoms with E-state index in [-0.39, 0.29) is 26.3 Å². The van der Waals surface area contributed by atoms with Crippen molar-refractivity contribution in [1.29, 1.82) is 0 Å². The molecule has 0 radical (unpaired) electrons. The van der Waals surface area contributed by atoms with Gasteiger partial charge in [-0.2, -0.15) is 0 Å². The normalized spacial score (nSPS) is 11.4. The summed E-state index contributed by atoms with van der Waals surface area (Å²) in [6.07, 6.45) is 0. The lowest BCUT2D eigenvalue weighted by Gasteiger charge is -2.20.